The van der Waals surface area contributed by atoms with Crippen LogP contribution >= 0.6 is 0 Å². The first-order valence-corrected chi connectivity index (χ1v) is 4.35. The summed E-state index contributed by atoms with van der Waals surface area (Å²) in [6, 6.07) is 0.677. The van der Waals surface area contributed by atoms with Crippen LogP contribution in [-0.2, 0) is 0 Å². The quantitative estimate of drug-likeness (QED) is 0.586. The molecule has 0 spiro atoms. The van der Waals surface area contributed by atoms with Crippen LogP contribution in [0, 0.1) is 0 Å². The summed E-state index contributed by atoms with van der Waals surface area (Å²) in [5.74, 6) is 0. The zero-order valence-electron chi connectivity index (χ0n) is 7.67. The van der Waals surface area contributed by atoms with E-state index in [1.807, 2.05) is 0 Å². The maximum absolute atomic E-state index is 2.43. The number of hydrogen-bond acceptors (Lipinski definition) is 1. The van der Waals surface area contributed by atoms with Crippen molar-refractivity contribution in [2.24, 2.45) is 0 Å². The predicted octanol–water partition coefficient (Wildman–Crippen LogP) is 2.56. The molecule has 0 aromatic rings. The van der Waals surface area contributed by atoms with Crippen molar-refractivity contribution in [3.63, 3.8) is 0 Å². The SMILES string of the molecule is CCC(C)N1CC=CC=C1C. The Labute approximate surface area is 69.4 Å². The molecule has 0 aliphatic carbocycles. The normalized spacial score (nSPS) is 19.9. The van der Waals surface area contributed by atoms with Gasteiger partial charge < -0.3 is 4.90 Å². The smallest absolute Gasteiger partial charge is 0.0362 e. The second-order valence-corrected chi connectivity index (χ2v) is 3.15. The molecule has 0 fully saturated rings. The summed E-state index contributed by atoms with van der Waals surface area (Å²) in [4.78, 5) is 2.43. The van der Waals surface area contributed by atoms with E-state index in [4.69, 9.17) is 0 Å². The van der Waals surface area contributed by atoms with Gasteiger partial charge >= 0.3 is 0 Å². The van der Waals surface area contributed by atoms with E-state index in [0.717, 1.165) is 6.54 Å². The van der Waals surface area contributed by atoms with E-state index in [0.29, 0.717) is 6.04 Å². The van der Waals surface area contributed by atoms with E-state index >= 15 is 0 Å². The summed E-state index contributed by atoms with van der Waals surface area (Å²) in [5.41, 5.74) is 1.39. The molecule has 1 heteroatoms. The van der Waals surface area contributed by atoms with E-state index in [9.17, 15) is 0 Å². The van der Waals surface area contributed by atoms with Crippen LogP contribution in [0.1, 0.15) is 27.2 Å². The Kier molecular flexibility index (Phi) is 2.75. The van der Waals surface area contributed by atoms with Crippen LogP contribution in [0.25, 0.3) is 0 Å². The molecular formula is C10H17N. The van der Waals surface area contributed by atoms with Gasteiger partial charge in [0, 0.05) is 18.3 Å². The molecule has 0 radical (unpaired) electrons. The van der Waals surface area contributed by atoms with E-state index in [1.54, 1.807) is 0 Å². The molecule has 1 atom stereocenters. The zero-order valence-corrected chi connectivity index (χ0v) is 7.67. The minimum Gasteiger partial charge on any atom is -0.369 e. The molecule has 1 rings (SSSR count). The number of allylic oxidation sites excluding steroid dienone is 3. The van der Waals surface area contributed by atoms with Crippen molar-refractivity contribution in [1.29, 1.82) is 0 Å². The maximum Gasteiger partial charge on any atom is 0.0362 e. The van der Waals surface area contributed by atoms with E-state index in [1.165, 1.54) is 12.1 Å². The minimum absolute atomic E-state index is 0.677. The van der Waals surface area contributed by atoms with Gasteiger partial charge in [0.1, 0.15) is 0 Å². The van der Waals surface area contributed by atoms with Gasteiger partial charge in [0.25, 0.3) is 0 Å². The molecule has 1 aliphatic rings. The highest BCUT2D eigenvalue weighted by molar-refractivity contribution is 5.16. The highest BCUT2D eigenvalue weighted by atomic mass is 15.2. The summed E-state index contributed by atoms with van der Waals surface area (Å²) >= 11 is 0. The van der Waals surface area contributed by atoms with Gasteiger partial charge in [-0.2, -0.15) is 0 Å². The van der Waals surface area contributed by atoms with Gasteiger partial charge in [-0.3, -0.25) is 0 Å². The lowest BCUT2D eigenvalue weighted by atomic mass is 10.1. The van der Waals surface area contributed by atoms with Crippen molar-refractivity contribution in [2.45, 2.75) is 33.2 Å². The van der Waals surface area contributed by atoms with Crippen molar-refractivity contribution < 1.29 is 0 Å². The van der Waals surface area contributed by atoms with Crippen LogP contribution in [0.4, 0.5) is 0 Å². The Morgan fingerprint density at radius 2 is 2.36 bits per heavy atom. The monoisotopic (exact) mass is 151 g/mol. The summed E-state index contributed by atoms with van der Waals surface area (Å²) in [5, 5.41) is 0. The first-order chi connectivity index (χ1) is 5.25. The third-order valence-corrected chi connectivity index (χ3v) is 2.35. The Morgan fingerprint density at radius 3 is 2.91 bits per heavy atom. The zero-order chi connectivity index (χ0) is 8.27. The fourth-order valence-electron chi connectivity index (χ4n) is 1.37. The highest BCUT2D eigenvalue weighted by Gasteiger charge is 2.11. The van der Waals surface area contributed by atoms with Gasteiger partial charge in [-0.1, -0.05) is 19.1 Å². The van der Waals surface area contributed by atoms with Gasteiger partial charge in [0.2, 0.25) is 0 Å². The highest BCUT2D eigenvalue weighted by Crippen LogP contribution is 2.14. The average molecular weight is 151 g/mol. The van der Waals surface area contributed by atoms with Gasteiger partial charge in [-0.15, -0.1) is 0 Å². The van der Waals surface area contributed by atoms with Crippen molar-refractivity contribution in [2.75, 3.05) is 6.54 Å². The standard InChI is InChI=1S/C10H17N/c1-4-9(2)11-8-6-5-7-10(11)3/h5-7,9H,4,8H2,1-3H3. The van der Waals surface area contributed by atoms with Gasteiger partial charge in [-0.05, 0) is 26.3 Å². The first-order valence-electron chi connectivity index (χ1n) is 4.35. The molecule has 1 unspecified atom stereocenters. The molecule has 1 aliphatic heterocycles. The molecule has 0 aromatic heterocycles. The molecule has 11 heavy (non-hydrogen) atoms. The van der Waals surface area contributed by atoms with Crippen LogP contribution in [-0.4, -0.2) is 17.5 Å². The minimum atomic E-state index is 0.677. The van der Waals surface area contributed by atoms with Crippen LogP contribution < -0.4 is 0 Å². The Bertz CT molecular complexity index is 179. The maximum atomic E-state index is 2.43. The fraction of sp³-hybridized carbons (Fsp3) is 0.600. The van der Waals surface area contributed by atoms with E-state index in [-0.39, 0.29) is 0 Å². The third-order valence-electron chi connectivity index (χ3n) is 2.35. The molecule has 1 heterocycles. The molecule has 1 nitrogen and oxygen atoms in total. The lowest BCUT2D eigenvalue weighted by Gasteiger charge is -2.31. The van der Waals surface area contributed by atoms with Crippen LogP contribution in [0.5, 0.6) is 0 Å². The molecule has 62 valence electrons. The van der Waals surface area contributed by atoms with Crippen molar-refractivity contribution in [3.8, 4) is 0 Å². The van der Waals surface area contributed by atoms with Crippen molar-refractivity contribution >= 4 is 0 Å². The molecular weight excluding hydrogens is 134 g/mol. The molecule has 0 amide bonds. The first kappa shape index (κ1) is 8.38. The van der Waals surface area contributed by atoms with Crippen molar-refractivity contribution in [1.82, 2.24) is 4.90 Å². The second-order valence-electron chi connectivity index (χ2n) is 3.15. The summed E-state index contributed by atoms with van der Waals surface area (Å²) < 4.78 is 0. The molecule has 0 saturated carbocycles. The van der Waals surface area contributed by atoms with Crippen molar-refractivity contribution in [3.05, 3.63) is 23.9 Å². The molecule has 0 N–H and O–H groups in total. The van der Waals surface area contributed by atoms with E-state index in [2.05, 4.69) is 43.9 Å². The average Bonchev–Trinajstić information content (AvgIpc) is 2.04. The van der Waals surface area contributed by atoms with E-state index < -0.39 is 0 Å². The fourth-order valence-corrected chi connectivity index (χ4v) is 1.37. The lowest BCUT2D eigenvalue weighted by Crippen LogP contribution is -2.32. The topological polar surface area (TPSA) is 3.24 Å². The largest absolute Gasteiger partial charge is 0.369 e. The summed E-state index contributed by atoms with van der Waals surface area (Å²) in [6.45, 7) is 7.76. The second kappa shape index (κ2) is 3.61. The Morgan fingerprint density at radius 1 is 1.64 bits per heavy atom. The van der Waals surface area contributed by atoms with Gasteiger partial charge in [-0.25, -0.2) is 0 Å². The Hall–Kier alpha value is -0.720. The Balaban J connectivity index is 2.60. The van der Waals surface area contributed by atoms with Crippen LogP contribution in [0.2, 0.25) is 0 Å². The number of hydrogen-bond donors (Lipinski definition) is 0. The third kappa shape index (κ3) is 1.86. The predicted molar refractivity (Wildman–Crippen MR) is 49.4 cm³/mol. The van der Waals surface area contributed by atoms with Gasteiger partial charge in [0.15, 0.2) is 0 Å². The number of nitrogens with zero attached hydrogens (tertiary/aromatic N) is 1. The molecule has 0 aromatic carbocycles. The summed E-state index contributed by atoms with van der Waals surface area (Å²) in [7, 11) is 0. The number of rotatable bonds is 2. The molecule has 0 saturated heterocycles. The lowest BCUT2D eigenvalue weighted by molar-refractivity contribution is 0.285. The van der Waals surface area contributed by atoms with Crippen LogP contribution in [0.15, 0.2) is 23.9 Å². The molecule has 0 bridgehead atoms. The summed E-state index contributed by atoms with van der Waals surface area (Å²) in [6.07, 6.45) is 7.74. The van der Waals surface area contributed by atoms with Crippen LogP contribution in [0.3, 0.4) is 0 Å². The van der Waals surface area contributed by atoms with Gasteiger partial charge in [0.05, 0.1) is 0 Å².